The molecule has 1 heterocycles. The van der Waals surface area contributed by atoms with E-state index in [-0.39, 0.29) is 17.9 Å². The van der Waals surface area contributed by atoms with E-state index in [1.807, 2.05) is 30.3 Å². The van der Waals surface area contributed by atoms with Crippen LogP contribution < -0.4 is 0 Å². The second-order valence-corrected chi connectivity index (χ2v) is 8.13. The van der Waals surface area contributed by atoms with Crippen LogP contribution in [0.5, 0.6) is 0 Å². The zero-order valence-corrected chi connectivity index (χ0v) is 14.8. The molecule has 134 valence electrons. The van der Waals surface area contributed by atoms with Gasteiger partial charge in [-0.25, -0.2) is 9.69 Å². The third-order valence-electron chi connectivity index (χ3n) is 6.47. The van der Waals surface area contributed by atoms with Crippen LogP contribution in [-0.4, -0.2) is 29.5 Å². The summed E-state index contributed by atoms with van der Waals surface area (Å²) in [7, 11) is 0. The van der Waals surface area contributed by atoms with Crippen molar-refractivity contribution in [1.82, 2.24) is 4.90 Å². The van der Waals surface area contributed by atoms with E-state index in [1.54, 1.807) is 0 Å². The molecule has 25 heavy (non-hydrogen) atoms. The maximum atomic E-state index is 13.2. The molecule has 2 saturated carbocycles. The van der Waals surface area contributed by atoms with Crippen molar-refractivity contribution >= 4 is 12.0 Å². The molecule has 1 spiro atoms. The quantitative estimate of drug-likeness (QED) is 0.822. The van der Waals surface area contributed by atoms with Crippen molar-refractivity contribution in [3.63, 3.8) is 0 Å². The fourth-order valence-electron chi connectivity index (χ4n) is 5.20. The zero-order chi connectivity index (χ0) is 17.3. The van der Waals surface area contributed by atoms with E-state index in [0.717, 1.165) is 24.8 Å². The van der Waals surface area contributed by atoms with Gasteiger partial charge < -0.3 is 4.74 Å². The fourth-order valence-corrected chi connectivity index (χ4v) is 5.20. The molecule has 4 nitrogen and oxygen atoms in total. The highest BCUT2D eigenvalue weighted by Crippen LogP contribution is 2.51. The van der Waals surface area contributed by atoms with Crippen molar-refractivity contribution in [3.05, 3.63) is 35.9 Å². The Kier molecular flexibility index (Phi) is 4.53. The first-order valence-corrected chi connectivity index (χ1v) is 9.71. The van der Waals surface area contributed by atoms with Gasteiger partial charge in [0.25, 0.3) is 0 Å². The number of hydrogen-bond donors (Lipinski definition) is 0. The van der Waals surface area contributed by atoms with Crippen LogP contribution in [0.4, 0.5) is 4.79 Å². The number of hydrogen-bond acceptors (Lipinski definition) is 3. The third-order valence-corrected chi connectivity index (χ3v) is 6.47. The molecule has 2 atom stereocenters. The van der Waals surface area contributed by atoms with Crippen LogP contribution in [0.3, 0.4) is 0 Å². The van der Waals surface area contributed by atoms with Crippen molar-refractivity contribution in [3.8, 4) is 0 Å². The number of imide groups is 1. The Morgan fingerprint density at radius 3 is 2.60 bits per heavy atom. The second kappa shape index (κ2) is 6.81. The summed E-state index contributed by atoms with van der Waals surface area (Å²) >= 11 is 0. The lowest BCUT2D eigenvalue weighted by Gasteiger charge is -2.38. The topological polar surface area (TPSA) is 46.6 Å². The summed E-state index contributed by atoms with van der Waals surface area (Å²) in [5.74, 6) is 0.00480. The van der Waals surface area contributed by atoms with Crippen molar-refractivity contribution in [1.29, 1.82) is 0 Å². The van der Waals surface area contributed by atoms with Gasteiger partial charge in [0.15, 0.2) is 0 Å². The standard InChI is InChI=1S/C21H27NO3/c23-19(17-9-6-12-21(14-17)10-4-5-11-21)22-18(15-25-20(22)24)13-16-7-2-1-3-8-16/h1-3,7-8,17-18H,4-6,9-15H2/t17?,18-/m1/s1. The number of amides is 2. The molecule has 0 aromatic heterocycles. The molecule has 3 fully saturated rings. The summed E-state index contributed by atoms with van der Waals surface area (Å²) in [4.78, 5) is 26.9. The van der Waals surface area contributed by atoms with Crippen LogP contribution in [0.25, 0.3) is 0 Å². The third kappa shape index (κ3) is 3.31. The molecule has 1 aromatic rings. The summed E-state index contributed by atoms with van der Waals surface area (Å²) in [6, 6.07) is 9.88. The lowest BCUT2D eigenvalue weighted by molar-refractivity contribution is -0.136. The highest BCUT2D eigenvalue weighted by molar-refractivity contribution is 5.94. The Morgan fingerprint density at radius 1 is 1.12 bits per heavy atom. The Bertz CT molecular complexity index is 636. The maximum absolute atomic E-state index is 13.2. The van der Waals surface area contributed by atoms with E-state index in [0.29, 0.717) is 18.4 Å². The van der Waals surface area contributed by atoms with Gasteiger partial charge in [0.1, 0.15) is 6.61 Å². The van der Waals surface area contributed by atoms with E-state index in [2.05, 4.69) is 0 Å². The smallest absolute Gasteiger partial charge is 0.416 e. The van der Waals surface area contributed by atoms with E-state index >= 15 is 0 Å². The summed E-state index contributed by atoms with van der Waals surface area (Å²) in [5.41, 5.74) is 1.51. The van der Waals surface area contributed by atoms with Crippen LogP contribution >= 0.6 is 0 Å². The maximum Gasteiger partial charge on any atom is 0.416 e. The molecule has 0 N–H and O–H groups in total. The lowest BCUT2D eigenvalue weighted by atomic mass is 9.68. The molecule has 1 aliphatic heterocycles. The molecule has 2 amide bonds. The Balaban J connectivity index is 1.48. The monoisotopic (exact) mass is 341 g/mol. The number of carbonyl (C=O) groups is 2. The molecule has 4 heteroatoms. The van der Waals surface area contributed by atoms with Gasteiger partial charge >= 0.3 is 6.09 Å². The van der Waals surface area contributed by atoms with Crippen molar-refractivity contribution in [2.24, 2.45) is 11.3 Å². The SMILES string of the molecule is O=C1OC[C@@H](Cc2ccccc2)N1C(=O)C1CCCC2(CCCC2)C1. The van der Waals surface area contributed by atoms with Gasteiger partial charge in [-0.05, 0) is 49.5 Å². The van der Waals surface area contributed by atoms with Gasteiger partial charge in [-0.2, -0.15) is 0 Å². The molecular weight excluding hydrogens is 314 g/mol. The van der Waals surface area contributed by atoms with Crippen LogP contribution in [0.1, 0.15) is 56.9 Å². The summed E-state index contributed by atoms with van der Waals surface area (Å²) < 4.78 is 5.25. The lowest BCUT2D eigenvalue weighted by Crippen LogP contribution is -2.45. The van der Waals surface area contributed by atoms with E-state index in [4.69, 9.17) is 4.74 Å². The number of ether oxygens (including phenoxy) is 1. The fraction of sp³-hybridized carbons (Fsp3) is 0.619. The number of benzene rings is 1. The van der Waals surface area contributed by atoms with E-state index < -0.39 is 6.09 Å². The Morgan fingerprint density at radius 2 is 1.84 bits per heavy atom. The highest BCUT2D eigenvalue weighted by Gasteiger charge is 2.45. The van der Waals surface area contributed by atoms with Crippen LogP contribution in [0.2, 0.25) is 0 Å². The average molecular weight is 341 g/mol. The average Bonchev–Trinajstić information content (AvgIpc) is 3.22. The number of rotatable bonds is 3. The molecule has 1 saturated heterocycles. The molecule has 1 unspecified atom stereocenters. The van der Waals surface area contributed by atoms with Crippen molar-refractivity contribution in [2.45, 2.75) is 63.8 Å². The predicted octanol–water partition coefficient (Wildman–Crippen LogP) is 4.33. The minimum absolute atomic E-state index is 0.00391. The molecule has 0 bridgehead atoms. The highest BCUT2D eigenvalue weighted by atomic mass is 16.6. The minimum atomic E-state index is -0.447. The molecule has 4 rings (SSSR count). The van der Waals surface area contributed by atoms with Gasteiger partial charge in [0.2, 0.25) is 5.91 Å². The van der Waals surface area contributed by atoms with Crippen LogP contribution in [-0.2, 0) is 16.0 Å². The van der Waals surface area contributed by atoms with Gasteiger partial charge in [-0.3, -0.25) is 4.79 Å². The minimum Gasteiger partial charge on any atom is -0.447 e. The van der Waals surface area contributed by atoms with E-state index in [1.165, 1.54) is 37.0 Å². The van der Waals surface area contributed by atoms with Crippen molar-refractivity contribution in [2.75, 3.05) is 6.61 Å². The van der Waals surface area contributed by atoms with Gasteiger partial charge in [0.05, 0.1) is 6.04 Å². The Hall–Kier alpha value is -1.84. The first-order valence-electron chi connectivity index (χ1n) is 9.71. The van der Waals surface area contributed by atoms with Gasteiger partial charge in [0, 0.05) is 5.92 Å². The molecule has 3 aliphatic rings. The normalized spacial score (nSPS) is 28.3. The summed E-state index contributed by atoms with van der Waals surface area (Å²) in [6.45, 7) is 0.317. The number of cyclic esters (lactones) is 1. The molecule has 2 aliphatic carbocycles. The summed E-state index contributed by atoms with van der Waals surface area (Å²) in [6.07, 6.45) is 9.59. The van der Waals surface area contributed by atoms with Gasteiger partial charge in [-0.15, -0.1) is 0 Å². The van der Waals surface area contributed by atoms with Gasteiger partial charge in [-0.1, -0.05) is 49.6 Å². The number of carbonyl (C=O) groups excluding carboxylic acids is 2. The molecule has 0 radical (unpaired) electrons. The molecular formula is C21H27NO3. The largest absolute Gasteiger partial charge is 0.447 e. The van der Waals surface area contributed by atoms with Crippen molar-refractivity contribution < 1.29 is 14.3 Å². The Labute approximate surface area is 149 Å². The number of nitrogens with zero attached hydrogens (tertiary/aromatic N) is 1. The zero-order valence-electron chi connectivity index (χ0n) is 14.8. The first kappa shape index (κ1) is 16.6. The molecule has 1 aromatic carbocycles. The first-order chi connectivity index (χ1) is 12.2. The second-order valence-electron chi connectivity index (χ2n) is 8.13. The van der Waals surface area contributed by atoms with E-state index in [9.17, 15) is 9.59 Å². The summed E-state index contributed by atoms with van der Waals surface area (Å²) in [5, 5.41) is 0. The van der Waals surface area contributed by atoms with Crippen LogP contribution in [0.15, 0.2) is 30.3 Å². The predicted molar refractivity (Wildman–Crippen MR) is 95.0 cm³/mol. The van der Waals surface area contributed by atoms with Crippen LogP contribution in [0, 0.1) is 11.3 Å².